The number of phenolic OH excluding ortho intramolecular Hbond substituents is 1. The lowest BCUT2D eigenvalue weighted by atomic mass is 9.95. The number of phenols is 1. The minimum absolute atomic E-state index is 0. The number of halogens is 1. The molecule has 3 N–H and O–H groups in total. The normalized spacial score (nSPS) is 10.3. The van der Waals surface area contributed by atoms with E-state index in [2.05, 4.69) is 0 Å². The van der Waals surface area contributed by atoms with Crippen LogP contribution in [0.15, 0.2) is 54.6 Å². The highest BCUT2D eigenvalue weighted by Crippen LogP contribution is 2.30. The molecule has 0 aliphatic carbocycles. The Morgan fingerprint density at radius 1 is 1.03 bits per heavy atom. The molecule has 7 heteroatoms. The molecule has 0 radical (unpaired) electrons. The molecular weight excluding hydrogens is 394 g/mol. The minimum atomic E-state index is -0.454. The van der Waals surface area contributed by atoms with Gasteiger partial charge in [0, 0.05) is 28.6 Å². The number of ether oxygens (including phenoxy) is 2. The summed E-state index contributed by atoms with van der Waals surface area (Å²) in [6, 6.07) is 15.3. The van der Waals surface area contributed by atoms with Crippen molar-refractivity contribution in [3.8, 4) is 11.5 Å². The van der Waals surface area contributed by atoms with Gasteiger partial charge in [-0.3, -0.25) is 4.79 Å². The number of hydrogen-bond acceptors (Lipinski definition) is 6. The van der Waals surface area contributed by atoms with Crippen LogP contribution < -0.4 is 10.5 Å². The third-order valence-electron chi connectivity index (χ3n) is 4.34. The third-order valence-corrected chi connectivity index (χ3v) is 4.34. The number of hydrogen-bond donors (Lipinski definition) is 2. The summed E-state index contributed by atoms with van der Waals surface area (Å²) < 4.78 is 10.5. The summed E-state index contributed by atoms with van der Waals surface area (Å²) in [6.45, 7) is 1.94. The average Bonchev–Trinajstić information content (AvgIpc) is 2.72. The largest absolute Gasteiger partial charge is 0.508 e. The molecule has 0 heterocycles. The van der Waals surface area contributed by atoms with E-state index in [1.165, 1.54) is 6.07 Å². The van der Waals surface area contributed by atoms with E-state index >= 15 is 0 Å². The van der Waals surface area contributed by atoms with Crippen molar-refractivity contribution in [1.29, 1.82) is 0 Å². The molecule has 3 aromatic carbocycles. The van der Waals surface area contributed by atoms with Crippen molar-refractivity contribution in [3.63, 3.8) is 0 Å². The third kappa shape index (κ3) is 4.85. The van der Waals surface area contributed by atoms with Gasteiger partial charge in [0.1, 0.15) is 11.5 Å². The maximum absolute atomic E-state index is 13.1. The number of carbonyl (C=O) groups is 2. The smallest absolute Gasteiger partial charge is 0.344 e. The van der Waals surface area contributed by atoms with E-state index in [9.17, 15) is 14.7 Å². The van der Waals surface area contributed by atoms with E-state index < -0.39 is 5.97 Å². The van der Waals surface area contributed by atoms with Gasteiger partial charge in [-0.25, -0.2) is 4.79 Å². The summed E-state index contributed by atoms with van der Waals surface area (Å²) in [7, 11) is 0. The number of fused-ring (bicyclic) bond motifs is 1. The van der Waals surface area contributed by atoms with Crippen molar-refractivity contribution >= 4 is 34.9 Å². The summed E-state index contributed by atoms with van der Waals surface area (Å²) in [6.07, 6.45) is 0. The highest BCUT2D eigenvalue weighted by Gasteiger charge is 2.16. The average molecular weight is 416 g/mol. The molecule has 3 rings (SSSR count). The van der Waals surface area contributed by atoms with Gasteiger partial charge in [0.05, 0.1) is 6.61 Å². The SMILES string of the molecule is CCOC(=O)COc1ccc(C(=O)c2ccc(O)c(CN)c2)c2ccccc12.Cl. The first-order valence-corrected chi connectivity index (χ1v) is 8.92. The summed E-state index contributed by atoms with van der Waals surface area (Å²) in [5.74, 6) is -0.0897. The molecule has 0 aromatic heterocycles. The highest BCUT2D eigenvalue weighted by atomic mass is 35.5. The van der Waals surface area contributed by atoms with Crippen LogP contribution in [0.4, 0.5) is 0 Å². The fourth-order valence-corrected chi connectivity index (χ4v) is 2.98. The Labute approximate surface area is 174 Å². The van der Waals surface area contributed by atoms with Gasteiger partial charge in [-0.15, -0.1) is 12.4 Å². The zero-order valence-corrected chi connectivity index (χ0v) is 16.7. The van der Waals surface area contributed by atoms with E-state index in [4.69, 9.17) is 15.2 Å². The lowest BCUT2D eigenvalue weighted by Gasteiger charge is -2.12. The van der Waals surface area contributed by atoms with Crippen LogP contribution in [0.5, 0.6) is 11.5 Å². The van der Waals surface area contributed by atoms with Gasteiger partial charge in [-0.05, 0) is 42.6 Å². The molecule has 0 amide bonds. The maximum Gasteiger partial charge on any atom is 0.344 e. The topological polar surface area (TPSA) is 98.8 Å². The second kappa shape index (κ2) is 9.91. The molecule has 0 fully saturated rings. The zero-order valence-electron chi connectivity index (χ0n) is 15.9. The van der Waals surface area contributed by atoms with Crippen LogP contribution in [-0.2, 0) is 16.1 Å². The monoisotopic (exact) mass is 415 g/mol. The second-order valence-electron chi connectivity index (χ2n) is 6.13. The van der Waals surface area contributed by atoms with Crippen LogP contribution in [0, 0.1) is 0 Å². The molecule has 0 atom stereocenters. The Morgan fingerprint density at radius 2 is 1.76 bits per heavy atom. The van der Waals surface area contributed by atoms with E-state index in [-0.39, 0.29) is 43.7 Å². The van der Waals surface area contributed by atoms with E-state index in [0.29, 0.717) is 27.8 Å². The Kier molecular flexibility index (Phi) is 7.59. The van der Waals surface area contributed by atoms with Crippen LogP contribution in [0.2, 0.25) is 0 Å². The summed E-state index contributed by atoms with van der Waals surface area (Å²) >= 11 is 0. The fourth-order valence-electron chi connectivity index (χ4n) is 2.98. The molecule has 0 bridgehead atoms. The fraction of sp³-hybridized carbons (Fsp3) is 0.182. The molecule has 29 heavy (non-hydrogen) atoms. The van der Waals surface area contributed by atoms with Crippen LogP contribution in [0.25, 0.3) is 10.8 Å². The lowest BCUT2D eigenvalue weighted by Crippen LogP contribution is -2.14. The molecule has 6 nitrogen and oxygen atoms in total. The first-order valence-electron chi connectivity index (χ1n) is 8.92. The standard InChI is InChI=1S/C22H21NO5.ClH/c1-2-27-21(25)13-28-20-10-8-18(16-5-3-4-6-17(16)20)22(26)14-7-9-19(24)15(11-14)12-23;/h3-11,24H,2,12-13,23H2,1H3;1H. The number of nitrogens with two attached hydrogens (primary N) is 1. The van der Waals surface area contributed by atoms with E-state index in [1.807, 2.05) is 24.3 Å². The summed E-state index contributed by atoms with van der Waals surface area (Å²) in [5, 5.41) is 11.2. The highest BCUT2D eigenvalue weighted by molar-refractivity contribution is 6.17. The molecule has 152 valence electrons. The molecular formula is C22H22ClNO5. The van der Waals surface area contributed by atoms with Crippen molar-refractivity contribution in [3.05, 3.63) is 71.3 Å². The quantitative estimate of drug-likeness (QED) is 0.452. The van der Waals surface area contributed by atoms with Gasteiger partial charge >= 0.3 is 5.97 Å². The van der Waals surface area contributed by atoms with Gasteiger partial charge < -0.3 is 20.3 Å². The van der Waals surface area contributed by atoms with Gasteiger partial charge in [0.25, 0.3) is 0 Å². The van der Waals surface area contributed by atoms with Crippen molar-refractivity contribution < 1.29 is 24.2 Å². The molecule has 0 spiro atoms. The molecule has 0 aliphatic heterocycles. The van der Waals surface area contributed by atoms with Crippen molar-refractivity contribution in [2.75, 3.05) is 13.2 Å². The van der Waals surface area contributed by atoms with Gasteiger partial charge in [0.15, 0.2) is 12.4 Å². The van der Waals surface area contributed by atoms with Gasteiger partial charge in [-0.1, -0.05) is 24.3 Å². The number of aromatic hydroxyl groups is 1. The Bertz CT molecular complexity index is 1030. The van der Waals surface area contributed by atoms with E-state index in [0.717, 1.165) is 5.39 Å². The molecule has 3 aromatic rings. The van der Waals surface area contributed by atoms with Crippen molar-refractivity contribution in [2.45, 2.75) is 13.5 Å². The predicted octanol–water partition coefficient (Wildman–Crippen LogP) is 3.60. The first-order chi connectivity index (χ1) is 13.5. The molecule has 0 saturated carbocycles. The predicted molar refractivity (Wildman–Crippen MR) is 113 cm³/mol. The van der Waals surface area contributed by atoms with Crippen LogP contribution in [0.3, 0.4) is 0 Å². The zero-order chi connectivity index (χ0) is 20.1. The van der Waals surface area contributed by atoms with Crippen molar-refractivity contribution in [2.24, 2.45) is 5.73 Å². The summed E-state index contributed by atoms with van der Waals surface area (Å²) in [4.78, 5) is 24.6. The van der Waals surface area contributed by atoms with Crippen LogP contribution in [-0.4, -0.2) is 30.1 Å². The van der Waals surface area contributed by atoms with Gasteiger partial charge in [-0.2, -0.15) is 0 Å². The number of esters is 1. The second-order valence-corrected chi connectivity index (χ2v) is 6.13. The van der Waals surface area contributed by atoms with Crippen LogP contribution >= 0.6 is 12.4 Å². The molecule has 0 aliphatic rings. The Morgan fingerprint density at radius 3 is 2.45 bits per heavy atom. The number of carbonyl (C=O) groups excluding carboxylic acids is 2. The number of ketones is 1. The van der Waals surface area contributed by atoms with Gasteiger partial charge in [0.2, 0.25) is 0 Å². The maximum atomic E-state index is 13.1. The number of benzene rings is 3. The Hall–Kier alpha value is -3.09. The van der Waals surface area contributed by atoms with Crippen molar-refractivity contribution in [1.82, 2.24) is 0 Å². The molecule has 0 saturated heterocycles. The lowest BCUT2D eigenvalue weighted by molar-refractivity contribution is -0.145. The van der Waals surface area contributed by atoms with Crippen LogP contribution in [0.1, 0.15) is 28.4 Å². The van der Waals surface area contributed by atoms with E-state index in [1.54, 1.807) is 31.2 Å². The number of rotatable bonds is 7. The summed E-state index contributed by atoms with van der Waals surface area (Å²) in [5.41, 5.74) is 7.05. The first kappa shape index (κ1) is 22.2. The molecule has 0 unspecified atom stereocenters. The minimum Gasteiger partial charge on any atom is -0.508 e. The Balaban J connectivity index is 0.00000300.